The Morgan fingerprint density at radius 1 is 0.947 bits per heavy atom. The van der Waals surface area contributed by atoms with Gasteiger partial charge in [0.2, 0.25) is 0 Å². The Morgan fingerprint density at radius 2 is 1.47 bits per heavy atom. The summed E-state index contributed by atoms with van der Waals surface area (Å²) in [7, 11) is 0. The zero-order valence-electron chi connectivity index (χ0n) is 10.5. The van der Waals surface area contributed by atoms with Gasteiger partial charge in [-0.15, -0.1) is 0 Å². The van der Waals surface area contributed by atoms with Gasteiger partial charge >= 0.3 is 41.7 Å². The molecule has 0 bridgehead atoms. The van der Waals surface area contributed by atoms with Crippen LogP contribution in [0.25, 0.3) is 10.8 Å². The third kappa shape index (κ3) is 6.91. The number of nitrogens with two attached hydrogens (primary N) is 1. The minimum atomic E-state index is 0. The first kappa shape index (κ1) is 28.1. The Balaban J connectivity index is -0.000000225. The maximum atomic E-state index is 5.70. The van der Waals surface area contributed by atoms with Crippen LogP contribution in [0.15, 0.2) is 42.5 Å². The summed E-state index contributed by atoms with van der Waals surface area (Å²) in [6.45, 7) is 2.87. The molecule has 105 valence electrons. The topological polar surface area (TPSA) is 57.5 Å². The molecular formula is C13H17CeCl3NO. The number of rotatable bonds is 2. The van der Waals surface area contributed by atoms with Crippen molar-refractivity contribution in [3.63, 3.8) is 0 Å². The molecule has 2 aromatic carbocycles. The Morgan fingerprint density at radius 3 is 2.05 bits per heavy atom. The Hall–Kier alpha value is 0.867. The van der Waals surface area contributed by atoms with Crippen molar-refractivity contribution in [1.82, 2.24) is 0 Å². The van der Waals surface area contributed by atoms with Crippen LogP contribution in [0, 0.1) is 41.7 Å². The average molecular weight is 450 g/mol. The number of halogens is 3. The molecule has 2 rings (SSSR count). The van der Waals surface area contributed by atoms with Gasteiger partial charge in [-0.25, -0.2) is 0 Å². The van der Waals surface area contributed by atoms with E-state index in [2.05, 4.69) is 49.4 Å². The van der Waals surface area contributed by atoms with Crippen molar-refractivity contribution in [1.29, 1.82) is 0 Å². The van der Waals surface area contributed by atoms with Crippen molar-refractivity contribution in [2.24, 2.45) is 5.73 Å². The van der Waals surface area contributed by atoms with Gasteiger partial charge in [0.15, 0.2) is 0 Å². The van der Waals surface area contributed by atoms with E-state index >= 15 is 0 Å². The molecule has 0 saturated carbocycles. The summed E-state index contributed by atoms with van der Waals surface area (Å²) in [4.78, 5) is 0. The van der Waals surface area contributed by atoms with Crippen LogP contribution in [0.2, 0.25) is 0 Å². The van der Waals surface area contributed by atoms with Gasteiger partial charge in [-0.1, -0.05) is 49.4 Å². The summed E-state index contributed by atoms with van der Waals surface area (Å²) in [5, 5.41) is 2.62. The molecule has 0 aliphatic rings. The first-order chi connectivity index (χ1) is 6.83. The maximum Gasteiger partial charge on any atom is 3.00 e. The monoisotopic (exact) mass is 448 g/mol. The zero-order chi connectivity index (χ0) is 9.97. The molecule has 0 saturated heterocycles. The van der Waals surface area contributed by atoms with Gasteiger partial charge in [0.25, 0.3) is 0 Å². The van der Waals surface area contributed by atoms with E-state index in [1.807, 2.05) is 0 Å². The van der Waals surface area contributed by atoms with E-state index in [9.17, 15) is 0 Å². The Labute approximate surface area is 166 Å². The van der Waals surface area contributed by atoms with E-state index in [1.165, 1.54) is 16.3 Å². The maximum absolute atomic E-state index is 5.70. The molecule has 0 fully saturated rings. The first-order valence-corrected chi connectivity index (χ1v) is 5.00. The zero-order valence-corrected chi connectivity index (χ0v) is 15.9. The fraction of sp³-hybridized carbons (Fsp3) is 0.231. The van der Waals surface area contributed by atoms with Crippen molar-refractivity contribution in [3.05, 3.63) is 48.0 Å². The smallest absolute Gasteiger partial charge is 1.00 e. The number of hydrogen-bond donors (Lipinski definition) is 1. The Bertz CT molecular complexity index is 451. The van der Waals surface area contributed by atoms with E-state index in [-0.39, 0.29) is 84.4 Å². The van der Waals surface area contributed by atoms with Gasteiger partial charge in [0.1, 0.15) is 0 Å². The van der Waals surface area contributed by atoms with Crippen LogP contribution in [0.4, 0.5) is 0 Å². The molecule has 1 atom stereocenters. The Kier molecular flexibility index (Phi) is 20.4. The van der Waals surface area contributed by atoms with E-state index in [1.54, 1.807) is 0 Å². The minimum absolute atomic E-state index is 0. The van der Waals surface area contributed by atoms with Crippen LogP contribution in [-0.4, -0.2) is 12.0 Å². The largest absolute Gasteiger partial charge is 3.00 e. The second-order valence-electron chi connectivity index (χ2n) is 3.71. The first-order valence-electron chi connectivity index (χ1n) is 5.00. The van der Waals surface area contributed by atoms with Crippen molar-refractivity contribution in [2.75, 3.05) is 6.54 Å². The SMILES string of the molecule is CC(CN)c1cccc2ccccc12.O.[Ce+3].[Cl-].[Cl-].[Cl-]. The molecule has 1 radical (unpaired) electrons. The molecule has 19 heavy (non-hydrogen) atoms. The molecule has 0 aliphatic heterocycles. The van der Waals surface area contributed by atoms with Crippen LogP contribution in [0.5, 0.6) is 0 Å². The van der Waals surface area contributed by atoms with Crippen molar-refractivity contribution in [3.8, 4) is 0 Å². The summed E-state index contributed by atoms with van der Waals surface area (Å²) >= 11 is 0. The molecule has 0 spiro atoms. The number of hydrogen-bond acceptors (Lipinski definition) is 1. The van der Waals surface area contributed by atoms with E-state index in [0.29, 0.717) is 12.5 Å². The van der Waals surface area contributed by atoms with Gasteiger partial charge in [0, 0.05) is 0 Å². The predicted octanol–water partition coefficient (Wildman–Crippen LogP) is -6.91. The van der Waals surface area contributed by atoms with Gasteiger partial charge in [-0.2, -0.15) is 0 Å². The van der Waals surface area contributed by atoms with Gasteiger partial charge in [-0.05, 0) is 28.8 Å². The minimum Gasteiger partial charge on any atom is -1.00 e. The summed E-state index contributed by atoms with van der Waals surface area (Å²) in [6, 6.07) is 14.9. The van der Waals surface area contributed by atoms with E-state index < -0.39 is 0 Å². The fourth-order valence-electron chi connectivity index (χ4n) is 1.81. The van der Waals surface area contributed by atoms with E-state index in [0.717, 1.165) is 0 Å². The van der Waals surface area contributed by atoms with Crippen molar-refractivity contribution in [2.45, 2.75) is 12.8 Å². The fourth-order valence-corrected chi connectivity index (χ4v) is 1.81. The molecule has 0 aliphatic carbocycles. The molecule has 0 heterocycles. The van der Waals surface area contributed by atoms with Crippen molar-refractivity contribution >= 4 is 10.8 Å². The number of fused-ring (bicyclic) bond motifs is 1. The third-order valence-electron chi connectivity index (χ3n) is 2.71. The normalized spacial score (nSPS) is 9.58. The average Bonchev–Trinajstić information content (AvgIpc) is 2.27. The summed E-state index contributed by atoms with van der Waals surface area (Å²) in [5.74, 6) is 0.432. The van der Waals surface area contributed by atoms with Crippen LogP contribution in [-0.2, 0) is 0 Å². The molecule has 2 aromatic rings. The summed E-state index contributed by atoms with van der Waals surface area (Å²) in [5.41, 5.74) is 7.05. The third-order valence-corrected chi connectivity index (χ3v) is 2.71. The van der Waals surface area contributed by atoms with Gasteiger partial charge < -0.3 is 48.4 Å². The summed E-state index contributed by atoms with van der Waals surface area (Å²) < 4.78 is 0. The molecule has 6 heteroatoms. The molecule has 1 unspecified atom stereocenters. The van der Waals surface area contributed by atoms with E-state index in [4.69, 9.17) is 5.73 Å². The molecule has 0 aromatic heterocycles. The van der Waals surface area contributed by atoms with Crippen molar-refractivity contribution < 1.29 is 84.4 Å². The second kappa shape index (κ2) is 13.8. The molecule has 2 nitrogen and oxygen atoms in total. The van der Waals surface area contributed by atoms with Crippen LogP contribution in [0.1, 0.15) is 18.4 Å². The van der Waals surface area contributed by atoms with Gasteiger partial charge in [-0.3, -0.25) is 0 Å². The quantitative estimate of drug-likeness (QED) is 0.487. The second-order valence-corrected chi connectivity index (χ2v) is 3.71. The molecular weight excluding hydrogens is 433 g/mol. The molecule has 4 N–H and O–H groups in total. The summed E-state index contributed by atoms with van der Waals surface area (Å²) in [6.07, 6.45) is 0. The number of benzene rings is 2. The van der Waals surface area contributed by atoms with Crippen LogP contribution >= 0.6 is 0 Å². The van der Waals surface area contributed by atoms with Crippen LogP contribution in [0.3, 0.4) is 0 Å². The predicted molar refractivity (Wildman–Crippen MR) is 65.0 cm³/mol. The molecule has 0 amide bonds. The van der Waals surface area contributed by atoms with Crippen LogP contribution < -0.4 is 43.0 Å². The standard InChI is InChI=1S/C13H15N.Ce.3ClH.H2O/c1-10(9-14)12-8-4-6-11-5-2-3-7-13(11)12;;;;;/h2-8,10H,9,14H2,1H3;;3*1H;1H2/q;+3;;;;/p-3. The van der Waals surface area contributed by atoms with Gasteiger partial charge in [0.05, 0.1) is 0 Å².